The third-order valence-electron chi connectivity index (χ3n) is 5.02. The predicted molar refractivity (Wildman–Crippen MR) is 123 cm³/mol. The topological polar surface area (TPSA) is 182 Å². The van der Waals surface area contributed by atoms with Crippen LogP contribution in [0, 0.1) is 0 Å². The number of carboxylic acid groups (broad SMARTS) is 3. The van der Waals surface area contributed by atoms with E-state index in [2.05, 4.69) is 20.6 Å². The first-order valence-electron chi connectivity index (χ1n) is 11.0. The van der Waals surface area contributed by atoms with Crippen molar-refractivity contribution in [1.82, 2.24) is 25.5 Å². The van der Waals surface area contributed by atoms with Crippen molar-refractivity contribution in [3.8, 4) is 0 Å². The molecule has 2 aromatic heterocycles. The number of hydrogen-bond acceptors (Lipinski definition) is 7. The van der Waals surface area contributed by atoms with Crippen molar-refractivity contribution in [3.05, 3.63) is 60.2 Å². The maximum absolute atomic E-state index is 12.4. The maximum atomic E-state index is 12.4. The molecule has 2 aromatic rings. The van der Waals surface area contributed by atoms with Crippen molar-refractivity contribution in [2.45, 2.75) is 50.9 Å². The molecule has 2 unspecified atom stereocenters. The third kappa shape index (κ3) is 11.1. The molecule has 0 fully saturated rings. The third-order valence-corrected chi connectivity index (χ3v) is 5.02. The summed E-state index contributed by atoms with van der Waals surface area (Å²) >= 11 is 0. The van der Waals surface area contributed by atoms with Crippen LogP contribution in [0.4, 0.5) is 4.79 Å². The number of amides is 2. The van der Waals surface area contributed by atoms with Gasteiger partial charge in [0.2, 0.25) is 0 Å². The summed E-state index contributed by atoms with van der Waals surface area (Å²) in [7, 11) is 0. The first kappa shape index (κ1) is 27.2. The summed E-state index contributed by atoms with van der Waals surface area (Å²) in [6.45, 7) is 1.34. The fourth-order valence-electron chi connectivity index (χ4n) is 3.34. The standard InChI is InChI=1S/C23H29N5O7/c29-20(30)8-7-19(22(33)34)27-23(35)26-16(13-21(31)32)9-12-28(14-17-5-1-3-10-24-17)15-18-6-2-4-11-25-18/h1-6,10-11,16,19H,7-9,12-15H2,(H,29,30)(H,31,32)(H,33,34)(H2,26,27,35). The van der Waals surface area contributed by atoms with Crippen LogP contribution < -0.4 is 10.6 Å². The number of carbonyl (C=O) groups excluding carboxylic acids is 1. The second kappa shape index (κ2) is 14.3. The molecule has 0 aliphatic heterocycles. The van der Waals surface area contributed by atoms with Gasteiger partial charge in [0.25, 0.3) is 0 Å². The number of nitrogens with zero attached hydrogens (tertiary/aromatic N) is 3. The van der Waals surface area contributed by atoms with E-state index in [1.807, 2.05) is 29.2 Å². The highest BCUT2D eigenvalue weighted by molar-refractivity contribution is 5.83. The molecule has 0 radical (unpaired) electrons. The molecule has 0 aliphatic rings. The van der Waals surface area contributed by atoms with Crippen LogP contribution in [0.25, 0.3) is 0 Å². The number of aromatic nitrogens is 2. The Bertz CT molecular complexity index is 933. The van der Waals surface area contributed by atoms with Gasteiger partial charge in [-0.25, -0.2) is 9.59 Å². The van der Waals surface area contributed by atoms with Crippen LogP contribution in [-0.2, 0) is 27.5 Å². The van der Waals surface area contributed by atoms with E-state index in [4.69, 9.17) is 5.11 Å². The Labute approximate surface area is 202 Å². The van der Waals surface area contributed by atoms with Crippen molar-refractivity contribution in [3.63, 3.8) is 0 Å². The van der Waals surface area contributed by atoms with E-state index in [-0.39, 0.29) is 19.3 Å². The number of urea groups is 1. The quantitative estimate of drug-likeness (QED) is 0.246. The molecule has 5 N–H and O–H groups in total. The van der Waals surface area contributed by atoms with Gasteiger partial charge in [-0.2, -0.15) is 0 Å². The van der Waals surface area contributed by atoms with E-state index >= 15 is 0 Å². The highest BCUT2D eigenvalue weighted by Crippen LogP contribution is 2.10. The van der Waals surface area contributed by atoms with Gasteiger partial charge in [-0.1, -0.05) is 12.1 Å². The molecule has 0 spiro atoms. The molecule has 0 aliphatic carbocycles. The van der Waals surface area contributed by atoms with Crippen LogP contribution in [0.2, 0.25) is 0 Å². The second-order valence-electron chi connectivity index (χ2n) is 7.88. The molecule has 12 nitrogen and oxygen atoms in total. The Balaban J connectivity index is 2.04. The maximum Gasteiger partial charge on any atom is 0.326 e. The van der Waals surface area contributed by atoms with Crippen molar-refractivity contribution >= 4 is 23.9 Å². The van der Waals surface area contributed by atoms with Gasteiger partial charge in [0.05, 0.1) is 17.8 Å². The van der Waals surface area contributed by atoms with Crippen LogP contribution in [0.3, 0.4) is 0 Å². The van der Waals surface area contributed by atoms with Crippen molar-refractivity contribution in [1.29, 1.82) is 0 Å². The van der Waals surface area contributed by atoms with E-state index in [9.17, 15) is 29.4 Å². The lowest BCUT2D eigenvalue weighted by atomic mass is 10.1. The molecule has 0 saturated carbocycles. The van der Waals surface area contributed by atoms with Gasteiger partial charge in [0.15, 0.2) is 0 Å². The normalized spacial score (nSPS) is 12.5. The smallest absolute Gasteiger partial charge is 0.326 e. The van der Waals surface area contributed by atoms with Gasteiger partial charge in [0.1, 0.15) is 6.04 Å². The highest BCUT2D eigenvalue weighted by Gasteiger charge is 2.24. The Hall–Kier alpha value is -4.06. The van der Waals surface area contributed by atoms with Gasteiger partial charge < -0.3 is 26.0 Å². The second-order valence-corrected chi connectivity index (χ2v) is 7.88. The van der Waals surface area contributed by atoms with Gasteiger partial charge in [-0.3, -0.25) is 24.5 Å². The van der Waals surface area contributed by atoms with Gasteiger partial charge in [0, 0.05) is 44.5 Å². The van der Waals surface area contributed by atoms with E-state index in [0.717, 1.165) is 11.4 Å². The summed E-state index contributed by atoms with van der Waals surface area (Å²) in [5.41, 5.74) is 1.62. The summed E-state index contributed by atoms with van der Waals surface area (Å²) < 4.78 is 0. The molecule has 0 aromatic carbocycles. The SMILES string of the molecule is O=C(O)CCC(NC(=O)NC(CCN(Cc1ccccn1)Cc1ccccn1)CC(=O)O)C(=O)O. The van der Waals surface area contributed by atoms with Gasteiger partial charge >= 0.3 is 23.9 Å². The van der Waals surface area contributed by atoms with Crippen LogP contribution in [0.1, 0.15) is 37.1 Å². The van der Waals surface area contributed by atoms with Gasteiger partial charge in [-0.05, 0) is 37.1 Å². The minimum atomic E-state index is -1.42. The van der Waals surface area contributed by atoms with E-state index in [0.29, 0.717) is 19.6 Å². The monoisotopic (exact) mass is 487 g/mol. The summed E-state index contributed by atoms with van der Waals surface area (Å²) in [6, 6.07) is 7.99. The lowest BCUT2D eigenvalue weighted by molar-refractivity contribution is -0.141. The molecule has 12 heteroatoms. The lowest BCUT2D eigenvalue weighted by Crippen LogP contribution is -2.50. The number of carbonyl (C=O) groups is 4. The number of pyridine rings is 2. The molecule has 2 rings (SSSR count). The largest absolute Gasteiger partial charge is 0.481 e. The molecule has 2 amide bonds. The highest BCUT2D eigenvalue weighted by atomic mass is 16.4. The Morgan fingerprint density at radius 2 is 1.43 bits per heavy atom. The molecular formula is C23H29N5O7. The number of aliphatic carboxylic acids is 3. The number of carboxylic acids is 3. The fraction of sp³-hybridized carbons (Fsp3) is 0.391. The number of rotatable bonds is 15. The zero-order valence-corrected chi connectivity index (χ0v) is 19.0. The Kier molecular flexibility index (Phi) is 11.1. The molecular weight excluding hydrogens is 458 g/mol. The van der Waals surface area contributed by atoms with Crippen LogP contribution in [0.15, 0.2) is 48.8 Å². The number of nitrogens with one attached hydrogen (secondary N) is 2. The van der Waals surface area contributed by atoms with Crippen LogP contribution >= 0.6 is 0 Å². The minimum absolute atomic E-state index is 0.256. The molecule has 2 heterocycles. The Morgan fingerprint density at radius 1 is 0.829 bits per heavy atom. The Morgan fingerprint density at radius 3 is 1.89 bits per heavy atom. The van der Waals surface area contributed by atoms with Crippen LogP contribution in [-0.4, -0.2) is 72.8 Å². The van der Waals surface area contributed by atoms with E-state index in [1.54, 1.807) is 24.5 Å². The summed E-state index contributed by atoms with van der Waals surface area (Å²) in [4.78, 5) is 56.4. The summed E-state index contributed by atoms with van der Waals surface area (Å²) in [5, 5.41) is 32.0. The molecule has 188 valence electrons. The molecule has 35 heavy (non-hydrogen) atoms. The molecule has 0 saturated heterocycles. The minimum Gasteiger partial charge on any atom is -0.481 e. The van der Waals surface area contributed by atoms with E-state index in [1.165, 1.54) is 0 Å². The molecule has 0 bridgehead atoms. The van der Waals surface area contributed by atoms with Crippen molar-refractivity contribution in [2.24, 2.45) is 0 Å². The van der Waals surface area contributed by atoms with Gasteiger partial charge in [-0.15, -0.1) is 0 Å². The van der Waals surface area contributed by atoms with Crippen molar-refractivity contribution in [2.75, 3.05) is 6.54 Å². The first-order chi connectivity index (χ1) is 16.7. The zero-order valence-electron chi connectivity index (χ0n) is 19.0. The van der Waals surface area contributed by atoms with Crippen LogP contribution in [0.5, 0.6) is 0 Å². The zero-order chi connectivity index (χ0) is 25.6. The molecule has 2 atom stereocenters. The summed E-state index contributed by atoms with van der Waals surface area (Å²) in [5.74, 6) is -3.70. The fourth-order valence-corrected chi connectivity index (χ4v) is 3.34. The van der Waals surface area contributed by atoms with E-state index < -0.39 is 42.4 Å². The lowest BCUT2D eigenvalue weighted by Gasteiger charge is -2.25. The van der Waals surface area contributed by atoms with Crippen molar-refractivity contribution < 1.29 is 34.5 Å². The first-order valence-corrected chi connectivity index (χ1v) is 11.0. The summed E-state index contributed by atoms with van der Waals surface area (Å²) in [6.07, 6.45) is 2.50. The average molecular weight is 488 g/mol. The predicted octanol–water partition coefficient (Wildman–Crippen LogP) is 1.33. The average Bonchev–Trinajstić information content (AvgIpc) is 2.80. The number of hydrogen-bond donors (Lipinski definition) is 5.